The highest BCUT2D eigenvalue weighted by Gasteiger charge is 2.10. The number of carbonyl (C=O) groups is 1. The number of nitrogens with one attached hydrogen (secondary N) is 1. The Balaban J connectivity index is 2.15. The minimum Gasteiger partial charge on any atom is -0.322 e. The molecule has 0 aliphatic rings. The molecule has 1 amide bonds. The number of hydrogen-bond donors (Lipinski definition) is 1. The van der Waals surface area contributed by atoms with E-state index in [9.17, 15) is 19.3 Å². The number of non-ortho nitro benzene ring substituents is 1. The van der Waals surface area contributed by atoms with Crippen molar-refractivity contribution >= 4 is 28.9 Å². The Morgan fingerprint density at radius 3 is 2.40 bits per heavy atom. The van der Waals surface area contributed by atoms with Crippen LogP contribution in [0.2, 0.25) is 5.02 Å². The molecular formula is C13H8ClFN2O3. The van der Waals surface area contributed by atoms with E-state index in [-0.39, 0.29) is 16.3 Å². The highest BCUT2D eigenvalue weighted by Crippen LogP contribution is 2.20. The summed E-state index contributed by atoms with van der Waals surface area (Å²) in [5, 5.41) is 12.9. The number of amides is 1. The molecule has 5 nitrogen and oxygen atoms in total. The van der Waals surface area contributed by atoms with Gasteiger partial charge in [-0.1, -0.05) is 11.6 Å². The van der Waals surface area contributed by atoms with Gasteiger partial charge in [0.15, 0.2) is 0 Å². The van der Waals surface area contributed by atoms with Crippen LogP contribution in [0, 0.1) is 15.9 Å². The van der Waals surface area contributed by atoms with E-state index in [1.54, 1.807) is 0 Å². The van der Waals surface area contributed by atoms with Gasteiger partial charge in [-0.3, -0.25) is 14.9 Å². The summed E-state index contributed by atoms with van der Waals surface area (Å²) in [4.78, 5) is 21.8. The van der Waals surface area contributed by atoms with Crippen molar-refractivity contribution in [2.75, 3.05) is 5.32 Å². The molecule has 1 N–H and O–H groups in total. The van der Waals surface area contributed by atoms with Gasteiger partial charge in [-0.25, -0.2) is 4.39 Å². The average Bonchev–Trinajstić information content (AvgIpc) is 2.43. The van der Waals surface area contributed by atoms with Crippen LogP contribution < -0.4 is 5.32 Å². The lowest BCUT2D eigenvalue weighted by molar-refractivity contribution is -0.384. The zero-order chi connectivity index (χ0) is 14.7. The van der Waals surface area contributed by atoms with E-state index in [1.165, 1.54) is 36.4 Å². The predicted octanol–water partition coefficient (Wildman–Crippen LogP) is 3.64. The molecule has 0 saturated carbocycles. The maximum absolute atomic E-state index is 13.0. The molecule has 2 aromatic rings. The molecule has 0 aliphatic carbocycles. The van der Waals surface area contributed by atoms with E-state index in [0.717, 1.165) is 6.07 Å². The van der Waals surface area contributed by atoms with Gasteiger partial charge in [-0.05, 0) is 30.3 Å². The summed E-state index contributed by atoms with van der Waals surface area (Å²) in [5.74, 6) is -1.05. The number of halogens is 2. The van der Waals surface area contributed by atoms with E-state index in [1.807, 2.05) is 0 Å². The first-order chi connectivity index (χ1) is 9.47. The lowest BCUT2D eigenvalue weighted by atomic mass is 10.2. The molecule has 0 aliphatic heterocycles. The maximum Gasteiger partial charge on any atom is 0.269 e. The minimum absolute atomic E-state index is 0.105. The first-order valence-electron chi connectivity index (χ1n) is 5.48. The van der Waals surface area contributed by atoms with Gasteiger partial charge in [0.05, 0.1) is 9.95 Å². The molecule has 2 rings (SSSR count). The van der Waals surface area contributed by atoms with Gasteiger partial charge >= 0.3 is 0 Å². The molecule has 0 spiro atoms. The van der Waals surface area contributed by atoms with Crippen LogP contribution in [0.3, 0.4) is 0 Å². The fourth-order valence-electron chi connectivity index (χ4n) is 1.51. The zero-order valence-electron chi connectivity index (χ0n) is 9.97. The lowest BCUT2D eigenvalue weighted by Gasteiger charge is -2.05. The summed E-state index contributed by atoms with van der Waals surface area (Å²) in [6.45, 7) is 0. The minimum atomic E-state index is -0.583. The van der Waals surface area contributed by atoms with Crippen LogP contribution >= 0.6 is 11.6 Å². The number of nitro groups is 1. The second-order valence-electron chi connectivity index (χ2n) is 3.89. The van der Waals surface area contributed by atoms with Gasteiger partial charge in [-0.2, -0.15) is 0 Å². The first-order valence-corrected chi connectivity index (χ1v) is 5.86. The summed E-state index contributed by atoms with van der Waals surface area (Å²) in [6, 6.07) is 8.90. The van der Waals surface area contributed by atoms with Crippen LogP contribution in [-0.4, -0.2) is 10.8 Å². The zero-order valence-corrected chi connectivity index (χ0v) is 10.7. The van der Waals surface area contributed by atoms with Crippen LogP contribution in [0.5, 0.6) is 0 Å². The van der Waals surface area contributed by atoms with Gasteiger partial charge < -0.3 is 5.32 Å². The Morgan fingerprint density at radius 1 is 1.20 bits per heavy atom. The summed E-state index contributed by atoms with van der Waals surface area (Å²) < 4.78 is 13.0. The molecule has 0 aromatic heterocycles. The fraction of sp³-hybridized carbons (Fsp3) is 0. The molecule has 0 radical (unpaired) electrons. The first kappa shape index (κ1) is 14.0. The fourth-order valence-corrected chi connectivity index (χ4v) is 1.69. The van der Waals surface area contributed by atoms with Crippen LogP contribution in [0.1, 0.15) is 10.4 Å². The van der Waals surface area contributed by atoms with Crippen molar-refractivity contribution in [2.24, 2.45) is 0 Å². The predicted molar refractivity (Wildman–Crippen MR) is 72.5 cm³/mol. The molecular weight excluding hydrogens is 287 g/mol. The van der Waals surface area contributed by atoms with Crippen molar-refractivity contribution in [3.8, 4) is 0 Å². The summed E-state index contributed by atoms with van der Waals surface area (Å²) in [5.41, 5.74) is 0.474. The second kappa shape index (κ2) is 5.66. The smallest absolute Gasteiger partial charge is 0.269 e. The van der Waals surface area contributed by atoms with Crippen molar-refractivity contribution in [1.29, 1.82) is 0 Å². The third kappa shape index (κ3) is 3.10. The third-order valence-corrected chi connectivity index (χ3v) is 2.81. The van der Waals surface area contributed by atoms with E-state index >= 15 is 0 Å². The number of nitrogens with zero attached hydrogens (tertiary/aromatic N) is 1. The molecule has 0 heterocycles. The highest BCUT2D eigenvalue weighted by atomic mass is 35.5. The maximum atomic E-state index is 13.0. The van der Waals surface area contributed by atoms with E-state index in [2.05, 4.69) is 5.32 Å². The third-order valence-electron chi connectivity index (χ3n) is 2.52. The van der Waals surface area contributed by atoms with Crippen LogP contribution in [0.4, 0.5) is 15.8 Å². The lowest BCUT2D eigenvalue weighted by Crippen LogP contribution is -2.11. The van der Waals surface area contributed by atoms with Crippen molar-refractivity contribution in [1.82, 2.24) is 0 Å². The van der Waals surface area contributed by atoms with Crippen LogP contribution in [0.15, 0.2) is 42.5 Å². The van der Waals surface area contributed by atoms with Crippen molar-refractivity contribution in [3.63, 3.8) is 0 Å². The number of carbonyl (C=O) groups excluding carboxylic acids is 1. The van der Waals surface area contributed by atoms with Gasteiger partial charge in [0.25, 0.3) is 11.6 Å². The molecule has 0 unspecified atom stereocenters. The summed E-state index contributed by atoms with van der Waals surface area (Å²) in [7, 11) is 0. The Morgan fingerprint density at radius 2 is 1.85 bits per heavy atom. The Bertz CT molecular complexity index is 674. The molecule has 102 valence electrons. The molecule has 2 aromatic carbocycles. The van der Waals surface area contributed by atoms with Gasteiger partial charge in [0, 0.05) is 23.4 Å². The SMILES string of the molecule is O=C(Nc1ccc(F)c(Cl)c1)c1ccc([N+](=O)[O-])cc1. The molecule has 20 heavy (non-hydrogen) atoms. The van der Waals surface area contributed by atoms with Crippen LogP contribution in [0.25, 0.3) is 0 Å². The number of rotatable bonds is 3. The molecule has 7 heteroatoms. The van der Waals surface area contributed by atoms with Gasteiger partial charge in [-0.15, -0.1) is 0 Å². The normalized spacial score (nSPS) is 10.1. The van der Waals surface area contributed by atoms with Crippen molar-refractivity contribution in [3.05, 3.63) is 69.0 Å². The number of anilines is 1. The Kier molecular flexibility index (Phi) is 3.95. The highest BCUT2D eigenvalue weighted by molar-refractivity contribution is 6.31. The van der Waals surface area contributed by atoms with Crippen molar-refractivity contribution < 1.29 is 14.1 Å². The van der Waals surface area contributed by atoms with E-state index in [0.29, 0.717) is 5.69 Å². The van der Waals surface area contributed by atoms with E-state index < -0.39 is 16.6 Å². The van der Waals surface area contributed by atoms with Crippen molar-refractivity contribution in [2.45, 2.75) is 0 Å². The van der Waals surface area contributed by atoms with Crippen LogP contribution in [-0.2, 0) is 0 Å². The summed E-state index contributed by atoms with van der Waals surface area (Å²) >= 11 is 5.60. The van der Waals surface area contributed by atoms with Gasteiger partial charge in [0.1, 0.15) is 5.82 Å². The summed E-state index contributed by atoms with van der Waals surface area (Å²) in [6.07, 6.45) is 0. The number of hydrogen-bond acceptors (Lipinski definition) is 3. The second-order valence-corrected chi connectivity index (χ2v) is 4.29. The topological polar surface area (TPSA) is 72.2 Å². The van der Waals surface area contributed by atoms with Gasteiger partial charge in [0.2, 0.25) is 0 Å². The molecule has 0 fully saturated rings. The number of nitro benzene ring substituents is 1. The standard InChI is InChI=1S/C13H8ClFN2O3/c14-11-7-9(3-6-12(11)15)16-13(18)8-1-4-10(5-2-8)17(19)20/h1-7H,(H,16,18). The largest absolute Gasteiger partial charge is 0.322 e. The quantitative estimate of drug-likeness (QED) is 0.694. The average molecular weight is 295 g/mol. The molecule has 0 bridgehead atoms. The Labute approximate surface area is 118 Å². The number of benzene rings is 2. The van der Waals surface area contributed by atoms with E-state index in [4.69, 9.17) is 11.6 Å². The molecule has 0 atom stereocenters. The Hall–Kier alpha value is -2.47. The monoisotopic (exact) mass is 294 g/mol. The molecule has 0 saturated heterocycles.